The summed E-state index contributed by atoms with van der Waals surface area (Å²) in [6, 6.07) is 9.04. The summed E-state index contributed by atoms with van der Waals surface area (Å²) < 4.78 is 27.1. The van der Waals surface area contributed by atoms with Crippen molar-refractivity contribution in [2.45, 2.75) is 25.4 Å². The van der Waals surface area contributed by atoms with Crippen LogP contribution in [0.5, 0.6) is 0 Å². The molecule has 2 aromatic rings. The van der Waals surface area contributed by atoms with Gasteiger partial charge >= 0.3 is 0 Å². The minimum Gasteiger partial charge on any atom is -0.316 e. The van der Waals surface area contributed by atoms with Crippen LogP contribution in [-0.2, 0) is 16.6 Å². The van der Waals surface area contributed by atoms with E-state index in [0.717, 1.165) is 5.69 Å². The van der Waals surface area contributed by atoms with Crippen molar-refractivity contribution < 1.29 is 8.42 Å². The SMILES string of the molecule is CCN(c1ccccc1)S(=O)(=O)c1n[nH]c(C)c1CNC. The highest BCUT2D eigenvalue weighted by Gasteiger charge is 2.29. The summed E-state index contributed by atoms with van der Waals surface area (Å²) in [6.07, 6.45) is 0. The predicted octanol–water partition coefficient (Wildman–Crippen LogP) is 1.65. The molecule has 0 saturated heterocycles. The molecule has 0 atom stereocenters. The number of benzene rings is 1. The number of nitrogens with one attached hydrogen (secondary N) is 2. The van der Waals surface area contributed by atoms with Crippen LogP contribution in [0.25, 0.3) is 0 Å². The van der Waals surface area contributed by atoms with Gasteiger partial charge in [-0.15, -0.1) is 0 Å². The topological polar surface area (TPSA) is 78.1 Å². The van der Waals surface area contributed by atoms with Crippen LogP contribution in [0.2, 0.25) is 0 Å². The van der Waals surface area contributed by atoms with E-state index in [9.17, 15) is 8.42 Å². The molecule has 7 heteroatoms. The second kappa shape index (κ2) is 6.28. The molecular formula is C14H20N4O2S. The Hall–Kier alpha value is -1.86. The van der Waals surface area contributed by atoms with Crippen molar-refractivity contribution in [3.63, 3.8) is 0 Å². The van der Waals surface area contributed by atoms with E-state index in [1.807, 2.05) is 32.0 Å². The van der Waals surface area contributed by atoms with Gasteiger partial charge in [0.2, 0.25) is 5.03 Å². The van der Waals surface area contributed by atoms with Gasteiger partial charge in [0, 0.05) is 24.3 Å². The summed E-state index contributed by atoms with van der Waals surface area (Å²) in [5.41, 5.74) is 2.06. The van der Waals surface area contributed by atoms with Gasteiger partial charge in [0.25, 0.3) is 10.0 Å². The average Bonchev–Trinajstić information content (AvgIpc) is 2.83. The number of aromatic amines is 1. The number of rotatable bonds is 6. The number of aryl methyl sites for hydroxylation is 1. The lowest BCUT2D eigenvalue weighted by atomic mass is 10.3. The third kappa shape index (κ3) is 2.93. The van der Waals surface area contributed by atoms with E-state index in [0.29, 0.717) is 24.3 Å². The summed E-state index contributed by atoms with van der Waals surface area (Å²) >= 11 is 0. The molecule has 0 aliphatic carbocycles. The molecule has 6 nitrogen and oxygen atoms in total. The maximum absolute atomic E-state index is 12.9. The molecule has 114 valence electrons. The van der Waals surface area contributed by atoms with Crippen LogP contribution in [0.15, 0.2) is 35.4 Å². The number of sulfonamides is 1. The smallest absolute Gasteiger partial charge is 0.283 e. The first kappa shape index (κ1) is 15.5. The first-order valence-corrected chi connectivity index (χ1v) is 8.22. The van der Waals surface area contributed by atoms with Gasteiger partial charge in [-0.25, -0.2) is 0 Å². The normalized spacial score (nSPS) is 11.6. The molecule has 1 heterocycles. The monoisotopic (exact) mass is 308 g/mol. The van der Waals surface area contributed by atoms with Crippen LogP contribution in [-0.4, -0.2) is 32.2 Å². The van der Waals surface area contributed by atoms with Gasteiger partial charge in [0.15, 0.2) is 0 Å². The third-order valence-corrected chi connectivity index (χ3v) is 5.13. The quantitative estimate of drug-likeness (QED) is 0.850. The fourth-order valence-corrected chi connectivity index (χ4v) is 3.86. The summed E-state index contributed by atoms with van der Waals surface area (Å²) in [5.74, 6) is 0. The molecule has 2 N–H and O–H groups in total. The first-order chi connectivity index (χ1) is 10.0. The van der Waals surface area contributed by atoms with Crippen molar-refractivity contribution in [3.05, 3.63) is 41.6 Å². The van der Waals surface area contributed by atoms with E-state index in [2.05, 4.69) is 15.5 Å². The summed E-state index contributed by atoms with van der Waals surface area (Å²) in [5, 5.41) is 9.83. The van der Waals surface area contributed by atoms with Crippen molar-refractivity contribution >= 4 is 15.7 Å². The van der Waals surface area contributed by atoms with E-state index in [1.165, 1.54) is 4.31 Å². The summed E-state index contributed by atoms with van der Waals surface area (Å²) in [7, 11) is -1.91. The van der Waals surface area contributed by atoms with Crippen LogP contribution in [0.4, 0.5) is 5.69 Å². The Bertz CT molecular complexity index is 695. The minimum absolute atomic E-state index is 0.0834. The number of anilines is 1. The Morgan fingerprint density at radius 2 is 1.95 bits per heavy atom. The Labute approximate surface area is 125 Å². The lowest BCUT2D eigenvalue weighted by Gasteiger charge is -2.22. The average molecular weight is 308 g/mol. The highest BCUT2D eigenvalue weighted by atomic mass is 32.2. The largest absolute Gasteiger partial charge is 0.316 e. The number of hydrogen-bond acceptors (Lipinski definition) is 4. The molecule has 0 radical (unpaired) electrons. The van der Waals surface area contributed by atoms with Gasteiger partial charge in [-0.2, -0.15) is 13.5 Å². The predicted molar refractivity (Wildman–Crippen MR) is 82.7 cm³/mol. The van der Waals surface area contributed by atoms with E-state index in [1.54, 1.807) is 19.2 Å². The van der Waals surface area contributed by atoms with Crippen molar-refractivity contribution in [3.8, 4) is 0 Å². The van der Waals surface area contributed by atoms with Crippen LogP contribution < -0.4 is 9.62 Å². The number of nitrogens with zero attached hydrogens (tertiary/aromatic N) is 2. The number of hydrogen-bond donors (Lipinski definition) is 2. The molecule has 0 aliphatic heterocycles. The molecule has 0 aliphatic rings. The second-order valence-electron chi connectivity index (χ2n) is 4.67. The summed E-state index contributed by atoms with van der Waals surface area (Å²) in [4.78, 5) is 0. The summed E-state index contributed by atoms with van der Waals surface area (Å²) in [6.45, 7) is 4.42. The van der Waals surface area contributed by atoms with Gasteiger partial charge < -0.3 is 5.32 Å². The van der Waals surface area contributed by atoms with Crippen LogP contribution in [0.1, 0.15) is 18.2 Å². The molecular weight excluding hydrogens is 288 g/mol. The molecule has 0 bridgehead atoms. The molecule has 0 amide bonds. The van der Waals surface area contributed by atoms with E-state index < -0.39 is 10.0 Å². The molecule has 0 spiro atoms. The maximum atomic E-state index is 12.9. The Morgan fingerprint density at radius 1 is 1.29 bits per heavy atom. The molecule has 0 unspecified atom stereocenters. The number of H-pyrrole nitrogens is 1. The van der Waals surface area contributed by atoms with Crippen molar-refractivity contribution in [2.75, 3.05) is 17.9 Å². The molecule has 1 aromatic heterocycles. The zero-order valence-corrected chi connectivity index (χ0v) is 13.2. The third-order valence-electron chi connectivity index (χ3n) is 3.26. The van der Waals surface area contributed by atoms with Gasteiger partial charge in [-0.3, -0.25) is 9.40 Å². The van der Waals surface area contributed by atoms with E-state index in [-0.39, 0.29) is 5.03 Å². The zero-order chi connectivity index (χ0) is 15.5. The standard InChI is InChI=1S/C14H20N4O2S/c1-4-18(12-8-6-5-7-9-12)21(19,20)14-13(10-15-3)11(2)16-17-14/h5-9,15H,4,10H2,1-3H3,(H,16,17). The fraction of sp³-hybridized carbons (Fsp3) is 0.357. The fourth-order valence-electron chi connectivity index (χ4n) is 2.22. The van der Waals surface area contributed by atoms with Crippen molar-refractivity contribution in [1.29, 1.82) is 0 Å². The molecule has 0 fully saturated rings. The van der Waals surface area contributed by atoms with E-state index >= 15 is 0 Å². The van der Waals surface area contributed by atoms with Crippen LogP contribution in [0.3, 0.4) is 0 Å². The number of aromatic nitrogens is 2. The van der Waals surface area contributed by atoms with Crippen LogP contribution >= 0.6 is 0 Å². The number of para-hydroxylation sites is 1. The lowest BCUT2D eigenvalue weighted by molar-refractivity contribution is 0.585. The highest BCUT2D eigenvalue weighted by molar-refractivity contribution is 7.92. The maximum Gasteiger partial charge on any atom is 0.283 e. The molecule has 0 saturated carbocycles. The van der Waals surface area contributed by atoms with Gasteiger partial charge in [0.1, 0.15) is 0 Å². The Morgan fingerprint density at radius 3 is 2.52 bits per heavy atom. The Kier molecular flexibility index (Phi) is 4.64. The van der Waals surface area contributed by atoms with Crippen molar-refractivity contribution in [2.24, 2.45) is 0 Å². The van der Waals surface area contributed by atoms with Gasteiger partial charge in [-0.1, -0.05) is 18.2 Å². The van der Waals surface area contributed by atoms with Crippen LogP contribution in [0, 0.1) is 6.92 Å². The molecule has 21 heavy (non-hydrogen) atoms. The molecule has 1 aromatic carbocycles. The Balaban J connectivity index is 2.50. The van der Waals surface area contributed by atoms with Gasteiger partial charge in [0.05, 0.1) is 5.69 Å². The minimum atomic E-state index is -3.69. The zero-order valence-electron chi connectivity index (χ0n) is 12.4. The highest BCUT2D eigenvalue weighted by Crippen LogP contribution is 2.25. The first-order valence-electron chi connectivity index (χ1n) is 6.78. The van der Waals surface area contributed by atoms with E-state index in [4.69, 9.17) is 0 Å². The van der Waals surface area contributed by atoms with Gasteiger partial charge in [-0.05, 0) is 33.0 Å². The lowest BCUT2D eigenvalue weighted by Crippen LogP contribution is -2.32. The van der Waals surface area contributed by atoms with Crippen molar-refractivity contribution in [1.82, 2.24) is 15.5 Å². The molecule has 2 rings (SSSR count). The second-order valence-corrected chi connectivity index (χ2v) is 6.45.